The zero-order valence-electron chi connectivity index (χ0n) is 10.4. The third kappa shape index (κ3) is 2.34. The fourth-order valence-corrected chi connectivity index (χ4v) is 2.39. The summed E-state index contributed by atoms with van der Waals surface area (Å²) in [5.41, 5.74) is 5.93. The standard InChI is InChI=1S/C12H20N4O/c1-3-14-12(11(13)17,10-4-5-10)8-16-7-6-9(2)15-16/h6-7,10,14H,3-5,8H2,1-2H3,(H2,13,17). The van der Waals surface area contributed by atoms with Gasteiger partial charge in [0.05, 0.1) is 12.2 Å². The highest BCUT2D eigenvalue weighted by atomic mass is 16.1. The largest absolute Gasteiger partial charge is 0.368 e. The Morgan fingerprint density at radius 2 is 2.41 bits per heavy atom. The number of nitrogens with zero attached hydrogens (tertiary/aromatic N) is 2. The molecule has 0 aliphatic heterocycles. The highest BCUT2D eigenvalue weighted by Gasteiger charge is 2.49. The lowest BCUT2D eigenvalue weighted by Crippen LogP contribution is -2.59. The number of carbonyl (C=O) groups excluding carboxylic acids is 1. The number of nitrogens with two attached hydrogens (primary N) is 1. The zero-order valence-corrected chi connectivity index (χ0v) is 10.4. The van der Waals surface area contributed by atoms with E-state index in [1.807, 2.05) is 26.1 Å². The molecular formula is C12H20N4O. The summed E-state index contributed by atoms with van der Waals surface area (Å²) < 4.78 is 1.81. The average molecular weight is 236 g/mol. The molecule has 1 heterocycles. The summed E-state index contributed by atoms with van der Waals surface area (Å²) in [5, 5.41) is 7.62. The van der Waals surface area contributed by atoms with E-state index in [1.54, 1.807) is 4.68 Å². The van der Waals surface area contributed by atoms with Gasteiger partial charge >= 0.3 is 0 Å². The SMILES string of the molecule is CCNC(Cn1ccc(C)n1)(C(N)=O)C1CC1. The molecule has 1 fully saturated rings. The van der Waals surface area contributed by atoms with Crippen molar-refractivity contribution in [1.29, 1.82) is 0 Å². The van der Waals surface area contributed by atoms with Crippen molar-refractivity contribution in [3.63, 3.8) is 0 Å². The summed E-state index contributed by atoms with van der Waals surface area (Å²) in [5.74, 6) is 0.0828. The smallest absolute Gasteiger partial charge is 0.239 e. The molecule has 1 aromatic heterocycles. The normalized spacial score (nSPS) is 18.9. The number of aryl methyl sites for hydroxylation is 1. The van der Waals surface area contributed by atoms with Crippen LogP contribution in [0.2, 0.25) is 0 Å². The summed E-state index contributed by atoms with van der Waals surface area (Å²) in [7, 11) is 0. The number of hydrogen-bond acceptors (Lipinski definition) is 3. The lowest BCUT2D eigenvalue weighted by Gasteiger charge is -2.31. The van der Waals surface area contributed by atoms with Crippen molar-refractivity contribution in [1.82, 2.24) is 15.1 Å². The van der Waals surface area contributed by atoms with E-state index in [2.05, 4.69) is 10.4 Å². The molecule has 0 aromatic carbocycles. The van der Waals surface area contributed by atoms with Crippen molar-refractivity contribution in [2.24, 2.45) is 11.7 Å². The molecule has 3 N–H and O–H groups in total. The molecule has 1 aliphatic rings. The summed E-state index contributed by atoms with van der Waals surface area (Å²) >= 11 is 0. The van der Waals surface area contributed by atoms with E-state index < -0.39 is 5.54 Å². The van der Waals surface area contributed by atoms with Crippen LogP contribution >= 0.6 is 0 Å². The summed E-state index contributed by atoms with van der Waals surface area (Å²) in [6, 6.07) is 1.94. The van der Waals surface area contributed by atoms with Crippen molar-refractivity contribution in [3.8, 4) is 0 Å². The summed E-state index contributed by atoms with van der Waals surface area (Å²) in [4.78, 5) is 11.8. The van der Waals surface area contributed by atoms with Crippen molar-refractivity contribution < 1.29 is 4.79 Å². The Morgan fingerprint density at radius 3 is 2.82 bits per heavy atom. The van der Waals surface area contributed by atoms with E-state index in [4.69, 9.17) is 5.73 Å². The fraction of sp³-hybridized carbons (Fsp3) is 0.667. The molecule has 2 rings (SSSR count). The van der Waals surface area contributed by atoms with E-state index in [0.717, 1.165) is 25.1 Å². The Balaban J connectivity index is 2.22. The average Bonchev–Trinajstić information content (AvgIpc) is 3.03. The van der Waals surface area contributed by atoms with E-state index in [0.29, 0.717) is 12.5 Å². The molecule has 1 saturated carbocycles. The van der Waals surface area contributed by atoms with Gasteiger partial charge in [-0.15, -0.1) is 0 Å². The number of nitrogens with one attached hydrogen (secondary N) is 1. The van der Waals surface area contributed by atoms with Crippen molar-refractivity contribution in [2.75, 3.05) is 6.54 Å². The highest BCUT2D eigenvalue weighted by Crippen LogP contribution is 2.40. The van der Waals surface area contributed by atoms with Gasteiger partial charge in [-0.3, -0.25) is 9.48 Å². The molecule has 0 radical (unpaired) electrons. The van der Waals surface area contributed by atoms with Crippen LogP contribution in [0, 0.1) is 12.8 Å². The quantitative estimate of drug-likeness (QED) is 0.752. The Kier molecular flexibility index (Phi) is 3.19. The molecule has 5 heteroatoms. The number of aromatic nitrogens is 2. The van der Waals surface area contributed by atoms with Crippen LogP contribution in [-0.2, 0) is 11.3 Å². The first-order chi connectivity index (χ1) is 8.08. The second-order valence-electron chi connectivity index (χ2n) is 4.79. The Morgan fingerprint density at radius 1 is 1.71 bits per heavy atom. The van der Waals surface area contributed by atoms with Gasteiger partial charge in [-0.1, -0.05) is 6.92 Å². The number of carbonyl (C=O) groups is 1. The van der Waals surface area contributed by atoms with E-state index in [-0.39, 0.29) is 5.91 Å². The Bertz CT molecular complexity index is 410. The van der Waals surface area contributed by atoms with Gasteiger partial charge in [0.1, 0.15) is 5.54 Å². The monoisotopic (exact) mass is 236 g/mol. The van der Waals surface area contributed by atoms with Gasteiger partial charge in [-0.05, 0) is 38.3 Å². The van der Waals surface area contributed by atoms with E-state index >= 15 is 0 Å². The Labute approximate surface area is 101 Å². The molecule has 1 unspecified atom stereocenters. The first-order valence-electron chi connectivity index (χ1n) is 6.13. The second kappa shape index (κ2) is 4.49. The molecule has 0 bridgehead atoms. The van der Waals surface area contributed by atoms with Gasteiger partial charge in [-0.25, -0.2) is 0 Å². The predicted molar refractivity (Wildman–Crippen MR) is 65.3 cm³/mol. The minimum atomic E-state index is -0.632. The summed E-state index contributed by atoms with van der Waals surface area (Å²) in [6.45, 7) is 5.19. The van der Waals surface area contributed by atoms with Crippen LogP contribution < -0.4 is 11.1 Å². The first kappa shape index (κ1) is 12.1. The number of primary amides is 1. The van der Waals surface area contributed by atoms with Gasteiger partial charge in [0, 0.05) is 6.20 Å². The van der Waals surface area contributed by atoms with Crippen LogP contribution in [0.3, 0.4) is 0 Å². The van der Waals surface area contributed by atoms with Gasteiger partial charge < -0.3 is 11.1 Å². The maximum Gasteiger partial charge on any atom is 0.239 e. The van der Waals surface area contributed by atoms with Gasteiger partial charge in [0.2, 0.25) is 5.91 Å². The number of amides is 1. The van der Waals surface area contributed by atoms with E-state index in [1.165, 1.54) is 0 Å². The molecule has 1 aromatic rings. The molecule has 1 amide bonds. The van der Waals surface area contributed by atoms with Gasteiger partial charge in [0.15, 0.2) is 0 Å². The van der Waals surface area contributed by atoms with E-state index in [9.17, 15) is 4.79 Å². The van der Waals surface area contributed by atoms with Gasteiger partial charge in [-0.2, -0.15) is 5.10 Å². The fourth-order valence-electron chi connectivity index (χ4n) is 2.39. The molecule has 0 spiro atoms. The van der Waals surface area contributed by atoms with Crippen molar-refractivity contribution in [3.05, 3.63) is 18.0 Å². The van der Waals surface area contributed by atoms with Crippen LogP contribution in [0.1, 0.15) is 25.5 Å². The maximum absolute atomic E-state index is 11.8. The maximum atomic E-state index is 11.8. The lowest BCUT2D eigenvalue weighted by atomic mass is 9.92. The van der Waals surface area contributed by atoms with Crippen molar-refractivity contribution >= 4 is 5.91 Å². The first-order valence-corrected chi connectivity index (χ1v) is 6.13. The molecular weight excluding hydrogens is 216 g/mol. The molecule has 0 saturated heterocycles. The predicted octanol–water partition coefficient (Wildman–Crippen LogP) is 0.435. The van der Waals surface area contributed by atoms with Crippen LogP contribution in [-0.4, -0.2) is 27.8 Å². The van der Waals surface area contributed by atoms with Crippen molar-refractivity contribution in [2.45, 2.75) is 38.8 Å². The molecule has 17 heavy (non-hydrogen) atoms. The second-order valence-corrected chi connectivity index (χ2v) is 4.79. The van der Waals surface area contributed by atoms with Crippen LogP contribution in [0.25, 0.3) is 0 Å². The third-order valence-electron chi connectivity index (χ3n) is 3.39. The van der Waals surface area contributed by atoms with Crippen LogP contribution in [0.15, 0.2) is 12.3 Å². The minimum Gasteiger partial charge on any atom is -0.368 e. The van der Waals surface area contributed by atoms with Gasteiger partial charge in [0.25, 0.3) is 0 Å². The number of rotatable bonds is 6. The molecule has 1 aliphatic carbocycles. The summed E-state index contributed by atoms with van der Waals surface area (Å²) in [6.07, 6.45) is 4.03. The molecule has 5 nitrogen and oxygen atoms in total. The topological polar surface area (TPSA) is 72.9 Å². The lowest BCUT2D eigenvalue weighted by molar-refractivity contribution is -0.126. The molecule has 1 atom stereocenters. The van der Waals surface area contributed by atoms with Crippen LogP contribution in [0.5, 0.6) is 0 Å². The number of hydrogen-bond donors (Lipinski definition) is 2. The molecule has 94 valence electrons. The highest BCUT2D eigenvalue weighted by molar-refractivity contribution is 5.85. The zero-order chi connectivity index (χ0) is 12.5. The minimum absolute atomic E-state index is 0.269. The number of likely N-dealkylation sites (N-methyl/N-ethyl adjacent to an activating group) is 1. The Hall–Kier alpha value is -1.36. The van der Waals surface area contributed by atoms with Crippen LogP contribution in [0.4, 0.5) is 0 Å². The third-order valence-corrected chi connectivity index (χ3v) is 3.39.